The van der Waals surface area contributed by atoms with Crippen molar-refractivity contribution in [3.63, 3.8) is 0 Å². The van der Waals surface area contributed by atoms with Crippen LogP contribution in [0.15, 0.2) is 30.5 Å². The molecule has 0 saturated carbocycles. The summed E-state index contributed by atoms with van der Waals surface area (Å²) in [6, 6.07) is 6.30. The van der Waals surface area contributed by atoms with Crippen LogP contribution < -0.4 is 27.0 Å². The lowest BCUT2D eigenvalue weighted by molar-refractivity contribution is -0.119. The van der Waals surface area contributed by atoms with Crippen LogP contribution in [0.2, 0.25) is 0 Å². The second-order valence-corrected chi connectivity index (χ2v) is 6.07. The highest BCUT2D eigenvalue weighted by atomic mass is 16.2. The van der Waals surface area contributed by atoms with E-state index >= 15 is 0 Å². The number of primary amides is 2. The first kappa shape index (κ1) is 20.6. The van der Waals surface area contributed by atoms with E-state index in [0.29, 0.717) is 17.8 Å². The van der Waals surface area contributed by atoms with Gasteiger partial charge in [0.15, 0.2) is 11.5 Å². The summed E-state index contributed by atoms with van der Waals surface area (Å²) in [5.41, 5.74) is 12.0. The molecule has 10 nitrogen and oxygen atoms in total. The molecule has 2 rings (SSSR count). The average molecular weight is 385 g/mol. The molecule has 0 fully saturated rings. The van der Waals surface area contributed by atoms with Gasteiger partial charge in [-0.25, -0.2) is 9.97 Å². The predicted octanol–water partition coefficient (Wildman–Crippen LogP) is 0.978. The van der Waals surface area contributed by atoms with Crippen molar-refractivity contribution >= 4 is 40.7 Å². The van der Waals surface area contributed by atoms with Crippen molar-refractivity contribution in [1.82, 2.24) is 9.97 Å². The third kappa shape index (κ3) is 4.93. The second kappa shape index (κ2) is 8.80. The predicted molar refractivity (Wildman–Crippen MR) is 106 cm³/mol. The molecule has 2 aromatic rings. The summed E-state index contributed by atoms with van der Waals surface area (Å²) < 4.78 is 0. The molecule has 3 amide bonds. The van der Waals surface area contributed by atoms with Gasteiger partial charge in [0.25, 0.3) is 5.91 Å². The maximum Gasteiger partial charge on any atom is 0.271 e. The Balaban J connectivity index is 2.29. The van der Waals surface area contributed by atoms with Gasteiger partial charge in [-0.15, -0.1) is 0 Å². The quantitative estimate of drug-likeness (QED) is 0.527. The maximum atomic E-state index is 11.7. The third-order valence-corrected chi connectivity index (χ3v) is 4.07. The summed E-state index contributed by atoms with van der Waals surface area (Å²) in [5, 5.41) is 5.85. The Bertz CT molecular complexity index is 883. The molecule has 1 atom stereocenters. The zero-order chi connectivity index (χ0) is 20.8. The van der Waals surface area contributed by atoms with Gasteiger partial charge in [-0.05, 0) is 30.7 Å². The zero-order valence-corrected chi connectivity index (χ0v) is 15.9. The normalized spacial score (nSPS) is 11.4. The smallest absolute Gasteiger partial charge is 0.271 e. The van der Waals surface area contributed by atoms with Crippen molar-refractivity contribution in [2.45, 2.75) is 26.3 Å². The summed E-state index contributed by atoms with van der Waals surface area (Å²) in [6.45, 7) is 3.27. The highest BCUT2D eigenvalue weighted by Gasteiger charge is 2.17. The maximum absolute atomic E-state index is 11.7. The second-order valence-electron chi connectivity index (χ2n) is 6.07. The van der Waals surface area contributed by atoms with Crippen LogP contribution in [0, 0.1) is 0 Å². The summed E-state index contributed by atoms with van der Waals surface area (Å²) in [6.07, 6.45) is 1.77. The van der Waals surface area contributed by atoms with Crippen LogP contribution in [-0.2, 0) is 9.59 Å². The monoisotopic (exact) mass is 385 g/mol. The van der Waals surface area contributed by atoms with E-state index in [1.165, 1.54) is 18.0 Å². The molecule has 0 aliphatic rings. The van der Waals surface area contributed by atoms with Crippen molar-refractivity contribution in [3.05, 3.63) is 36.2 Å². The van der Waals surface area contributed by atoms with Crippen molar-refractivity contribution < 1.29 is 14.4 Å². The van der Waals surface area contributed by atoms with Crippen LogP contribution in [0.5, 0.6) is 0 Å². The summed E-state index contributed by atoms with van der Waals surface area (Å²) in [7, 11) is 1.67. The highest BCUT2D eigenvalue weighted by Crippen LogP contribution is 2.22. The molecule has 6 N–H and O–H groups in total. The minimum Gasteiger partial charge on any atom is -0.368 e. The number of carbonyl (C=O) groups is 3. The van der Waals surface area contributed by atoms with Crippen LogP contribution >= 0.6 is 0 Å². The van der Waals surface area contributed by atoms with Crippen molar-refractivity contribution in [2.75, 3.05) is 22.6 Å². The van der Waals surface area contributed by atoms with Gasteiger partial charge < -0.3 is 27.0 Å². The Morgan fingerprint density at radius 2 is 1.82 bits per heavy atom. The standard InChI is InChI=1S/C18H23N7O3/c1-4-13(16(19)27)23-14-9-21-15(17(20)28)18(24-14)22-11-5-7-12(8-6-11)25(3)10(2)26/h5-9,13H,4H2,1-3H3,(H2,19,27)(H2,20,28)(H2,22,23,24)/t13-/m1/s1. The summed E-state index contributed by atoms with van der Waals surface area (Å²) in [4.78, 5) is 44.3. The lowest BCUT2D eigenvalue weighted by Crippen LogP contribution is -2.35. The number of nitrogens with one attached hydrogen (secondary N) is 2. The fraction of sp³-hybridized carbons (Fsp3) is 0.278. The number of carbonyl (C=O) groups excluding carboxylic acids is 3. The number of aromatic nitrogens is 2. The Labute approximate surface area is 162 Å². The van der Waals surface area contributed by atoms with Gasteiger partial charge in [0.05, 0.1) is 6.20 Å². The molecule has 0 aliphatic carbocycles. The fourth-order valence-corrected chi connectivity index (χ4v) is 2.37. The number of rotatable bonds is 8. The number of nitrogens with two attached hydrogens (primary N) is 2. The Hall–Kier alpha value is -3.69. The van der Waals surface area contributed by atoms with Crippen LogP contribution in [-0.4, -0.2) is 40.8 Å². The minimum absolute atomic E-state index is 0.0531. The van der Waals surface area contributed by atoms with E-state index in [2.05, 4.69) is 20.6 Å². The molecule has 0 aliphatic heterocycles. The molecule has 10 heteroatoms. The molecular weight excluding hydrogens is 362 g/mol. The van der Waals surface area contributed by atoms with Gasteiger partial charge in [0.1, 0.15) is 11.9 Å². The van der Waals surface area contributed by atoms with E-state index in [4.69, 9.17) is 11.5 Å². The zero-order valence-electron chi connectivity index (χ0n) is 15.9. The van der Waals surface area contributed by atoms with Crippen molar-refractivity contribution in [3.8, 4) is 0 Å². The van der Waals surface area contributed by atoms with Crippen LogP contribution in [0.3, 0.4) is 0 Å². The first-order chi connectivity index (χ1) is 13.2. The number of nitrogens with zero attached hydrogens (tertiary/aromatic N) is 3. The Kier molecular flexibility index (Phi) is 6.48. The van der Waals surface area contributed by atoms with Gasteiger partial charge in [-0.3, -0.25) is 14.4 Å². The van der Waals surface area contributed by atoms with Crippen LogP contribution in [0.4, 0.5) is 23.0 Å². The molecule has 0 spiro atoms. The Morgan fingerprint density at radius 1 is 1.18 bits per heavy atom. The minimum atomic E-state index is -0.753. The number of amides is 3. The van der Waals surface area contributed by atoms with E-state index in [0.717, 1.165) is 0 Å². The lowest BCUT2D eigenvalue weighted by atomic mass is 10.2. The Morgan fingerprint density at radius 3 is 2.32 bits per heavy atom. The lowest BCUT2D eigenvalue weighted by Gasteiger charge is -2.17. The molecule has 1 aromatic carbocycles. The molecule has 0 bridgehead atoms. The van der Waals surface area contributed by atoms with E-state index in [-0.39, 0.29) is 23.2 Å². The van der Waals surface area contributed by atoms with Gasteiger partial charge in [0.2, 0.25) is 11.8 Å². The molecule has 148 valence electrons. The molecule has 1 heterocycles. The van der Waals surface area contributed by atoms with Gasteiger partial charge in [-0.1, -0.05) is 6.92 Å². The first-order valence-electron chi connectivity index (χ1n) is 8.57. The third-order valence-electron chi connectivity index (χ3n) is 4.07. The fourth-order valence-electron chi connectivity index (χ4n) is 2.37. The van der Waals surface area contributed by atoms with Crippen LogP contribution in [0.25, 0.3) is 0 Å². The molecule has 0 saturated heterocycles. The first-order valence-corrected chi connectivity index (χ1v) is 8.57. The van der Waals surface area contributed by atoms with E-state index in [1.807, 2.05) is 0 Å². The highest BCUT2D eigenvalue weighted by molar-refractivity contribution is 5.96. The SMILES string of the molecule is CC[C@@H](Nc1cnc(C(N)=O)c(Nc2ccc(N(C)C(C)=O)cc2)n1)C(N)=O. The molecule has 28 heavy (non-hydrogen) atoms. The molecular formula is C18H23N7O3. The molecule has 0 unspecified atom stereocenters. The van der Waals surface area contributed by atoms with Gasteiger partial charge in [-0.2, -0.15) is 0 Å². The molecule has 1 aromatic heterocycles. The largest absolute Gasteiger partial charge is 0.368 e. The van der Waals surface area contributed by atoms with E-state index < -0.39 is 17.9 Å². The summed E-state index contributed by atoms with van der Waals surface area (Å²) >= 11 is 0. The molecule has 0 radical (unpaired) electrons. The summed E-state index contributed by atoms with van der Waals surface area (Å²) in [5.74, 6) is -0.976. The van der Waals surface area contributed by atoms with Crippen molar-refractivity contribution in [2.24, 2.45) is 11.5 Å². The van der Waals surface area contributed by atoms with E-state index in [9.17, 15) is 14.4 Å². The number of anilines is 4. The number of benzene rings is 1. The van der Waals surface area contributed by atoms with Crippen molar-refractivity contribution in [1.29, 1.82) is 0 Å². The number of hydrogen-bond acceptors (Lipinski definition) is 7. The average Bonchev–Trinajstić information content (AvgIpc) is 2.65. The van der Waals surface area contributed by atoms with Crippen LogP contribution in [0.1, 0.15) is 30.8 Å². The van der Waals surface area contributed by atoms with Gasteiger partial charge in [0, 0.05) is 25.3 Å². The van der Waals surface area contributed by atoms with E-state index in [1.54, 1.807) is 38.2 Å². The number of hydrogen-bond donors (Lipinski definition) is 4. The topological polar surface area (TPSA) is 156 Å². The van der Waals surface area contributed by atoms with Gasteiger partial charge >= 0.3 is 0 Å².